The van der Waals surface area contributed by atoms with Crippen LogP contribution in [0.25, 0.3) is 0 Å². The molecule has 1 aliphatic heterocycles. The van der Waals surface area contributed by atoms with Crippen LogP contribution in [0.5, 0.6) is 0 Å². The van der Waals surface area contributed by atoms with Gasteiger partial charge in [0.05, 0.1) is 6.26 Å². The highest BCUT2D eigenvalue weighted by Gasteiger charge is 2.22. The van der Waals surface area contributed by atoms with E-state index in [1.807, 2.05) is 24.0 Å². The predicted molar refractivity (Wildman–Crippen MR) is 78.8 cm³/mol. The molecule has 1 unspecified atom stereocenters. The lowest BCUT2D eigenvalue weighted by atomic mass is 10.1. The highest BCUT2D eigenvalue weighted by Crippen LogP contribution is 2.23. The molecule has 3 rings (SSSR count). The second kappa shape index (κ2) is 5.71. The fraction of sp³-hybridized carbons (Fsp3) is 0.400. The molecule has 0 aliphatic carbocycles. The van der Waals surface area contributed by atoms with E-state index in [0.29, 0.717) is 0 Å². The van der Waals surface area contributed by atoms with Crippen LogP contribution in [0.2, 0.25) is 0 Å². The highest BCUT2D eigenvalue weighted by molar-refractivity contribution is 7.10. The lowest BCUT2D eigenvalue weighted by Crippen LogP contribution is -2.46. The summed E-state index contributed by atoms with van der Waals surface area (Å²) in [6, 6.07) is 6.00. The highest BCUT2D eigenvalue weighted by atomic mass is 32.1. The third-order valence-corrected chi connectivity index (χ3v) is 4.58. The lowest BCUT2D eigenvalue weighted by Gasteiger charge is -2.28. The molecule has 2 aromatic heterocycles. The first-order valence-electron chi connectivity index (χ1n) is 6.85. The fourth-order valence-electron chi connectivity index (χ4n) is 2.51. The number of fused-ring (bicyclic) bond motifs is 1. The van der Waals surface area contributed by atoms with Crippen LogP contribution >= 0.6 is 11.3 Å². The Balaban J connectivity index is 1.54. The normalized spacial score (nSPS) is 15.8. The summed E-state index contributed by atoms with van der Waals surface area (Å²) in [5.74, 6) is 0.900. The molecule has 0 saturated carbocycles. The number of thiophene rings is 1. The Morgan fingerprint density at radius 3 is 3.25 bits per heavy atom. The fourth-order valence-corrected chi connectivity index (χ4v) is 3.40. The van der Waals surface area contributed by atoms with E-state index in [2.05, 4.69) is 16.8 Å². The predicted octanol–water partition coefficient (Wildman–Crippen LogP) is 3.04. The molecular formula is C15H18N2O2S. The van der Waals surface area contributed by atoms with Gasteiger partial charge in [0.25, 0.3) is 0 Å². The second-order valence-electron chi connectivity index (χ2n) is 5.17. The Morgan fingerprint density at radius 2 is 2.45 bits per heavy atom. The maximum Gasteiger partial charge on any atom is 0.317 e. The van der Waals surface area contributed by atoms with Crippen molar-refractivity contribution < 1.29 is 9.21 Å². The van der Waals surface area contributed by atoms with E-state index < -0.39 is 0 Å². The van der Waals surface area contributed by atoms with Gasteiger partial charge in [0.15, 0.2) is 0 Å². The average molecular weight is 290 g/mol. The molecule has 3 heterocycles. The Labute approximate surface area is 122 Å². The molecule has 1 N–H and O–H groups in total. The smallest absolute Gasteiger partial charge is 0.317 e. The van der Waals surface area contributed by atoms with E-state index in [-0.39, 0.29) is 12.1 Å². The zero-order valence-corrected chi connectivity index (χ0v) is 12.3. The van der Waals surface area contributed by atoms with Crippen LogP contribution in [0.15, 0.2) is 34.3 Å². The number of furan rings is 1. The molecule has 0 radical (unpaired) electrons. The number of amides is 2. The van der Waals surface area contributed by atoms with Crippen molar-refractivity contribution in [2.24, 2.45) is 0 Å². The maximum absolute atomic E-state index is 12.3. The Kier molecular flexibility index (Phi) is 3.78. The van der Waals surface area contributed by atoms with Crippen molar-refractivity contribution in [1.29, 1.82) is 0 Å². The van der Waals surface area contributed by atoms with Crippen LogP contribution in [0.1, 0.15) is 23.1 Å². The summed E-state index contributed by atoms with van der Waals surface area (Å²) in [5.41, 5.74) is 1.29. The van der Waals surface area contributed by atoms with Crippen molar-refractivity contribution in [3.8, 4) is 0 Å². The summed E-state index contributed by atoms with van der Waals surface area (Å²) in [5, 5.41) is 5.14. The van der Waals surface area contributed by atoms with E-state index in [9.17, 15) is 4.79 Å². The van der Waals surface area contributed by atoms with Gasteiger partial charge >= 0.3 is 6.03 Å². The van der Waals surface area contributed by atoms with Crippen LogP contribution in [0.3, 0.4) is 0 Å². The Morgan fingerprint density at radius 1 is 1.55 bits per heavy atom. The summed E-state index contributed by atoms with van der Waals surface area (Å²) in [6.45, 7) is 3.52. The molecule has 5 heteroatoms. The van der Waals surface area contributed by atoms with Gasteiger partial charge in [0, 0.05) is 30.4 Å². The van der Waals surface area contributed by atoms with Gasteiger partial charge in [-0.05, 0) is 42.5 Å². The van der Waals surface area contributed by atoms with Gasteiger partial charge < -0.3 is 14.6 Å². The number of nitrogens with one attached hydrogen (secondary N) is 1. The zero-order chi connectivity index (χ0) is 13.9. The van der Waals surface area contributed by atoms with Gasteiger partial charge in [0.1, 0.15) is 5.76 Å². The van der Waals surface area contributed by atoms with Crippen molar-refractivity contribution >= 4 is 17.4 Å². The van der Waals surface area contributed by atoms with Gasteiger partial charge in [-0.1, -0.05) is 0 Å². The molecule has 0 aromatic carbocycles. The molecule has 106 valence electrons. The standard InChI is InChI=1S/C15H18N2O2S/c1-11(9-13-3-2-7-19-13)16-15(18)17-6-4-14-12(10-17)5-8-20-14/h2-3,5,7-8,11H,4,6,9-10H2,1H3,(H,16,18). The first-order chi connectivity index (χ1) is 9.72. The van der Waals surface area contributed by atoms with Gasteiger partial charge in [-0.3, -0.25) is 0 Å². The van der Waals surface area contributed by atoms with Crippen LogP contribution in [-0.4, -0.2) is 23.5 Å². The number of nitrogens with zero attached hydrogens (tertiary/aromatic N) is 1. The number of hydrogen-bond donors (Lipinski definition) is 1. The van der Waals surface area contributed by atoms with Crippen LogP contribution < -0.4 is 5.32 Å². The summed E-state index contributed by atoms with van der Waals surface area (Å²) < 4.78 is 5.30. The summed E-state index contributed by atoms with van der Waals surface area (Å²) >= 11 is 1.79. The monoisotopic (exact) mass is 290 g/mol. The number of rotatable bonds is 3. The lowest BCUT2D eigenvalue weighted by molar-refractivity contribution is 0.189. The molecule has 0 fully saturated rings. The third kappa shape index (κ3) is 2.88. The number of urea groups is 1. The minimum Gasteiger partial charge on any atom is -0.469 e. The second-order valence-corrected chi connectivity index (χ2v) is 6.18. The van der Waals surface area contributed by atoms with E-state index in [1.54, 1.807) is 17.6 Å². The van der Waals surface area contributed by atoms with E-state index in [1.165, 1.54) is 10.4 Å². The van der Waals surface area contributed by atoms with Crippen molar-refractivity contribution in [1.82, 2.24) is 10.2 Å². The van der Waals surface area contributed by atoms with Gasteiger partial charge in [-0.2, -0.15) is 0 Å². The number of hydrogen-bond acceptors (Lipinski definition) is 3. The molecule has 2 amide bonds. The van der Waals surface area contributed by atoms with E-state index in [0.717, 1.165) is 31.7 Å². The van der Waals surface area contributed by atoms with Gasteiger partial charge in [-0.15, -0.1) is 11.3 Å². The Bertz CT molecular complexity index is 576. The molecule has 0 saturated heterocycles. The minimum atomic E-state index is 0.0147. The first kappa shape index (κ1) is 13.2. The molecule has 2 aromatic rings. The van der Waals surface area contributed by atoms with Crippen molar-refractivity contribution in [3.63, 3.8) is 0 Å². The SMILES string of the molecule is CC(Cc1ccco1)NC(=O)N1CCc2sccc2C1. The molecule has 20 heavy (non-hydrogen) atoms. The minimum absolute atomic E-state index is 0.0147. The van der Waals surface area contributed by atoms with E-state index in [4.69, 9.17) is 4.42 Å². The summed E-state index contributed by atoms with van der Waals surface area (Å²) in [6.07, 6.45) is 3.34. The van der Waals surface area contributed by atoms with Crippen molar-refractivity contribution in [2.45, 2.75) is 32.4 Å². The third-order valence-electron chi connectivity index (χ3n) is 3.55. The maximum atomic E-state index is 12.3. The van der Waals surface area contributed by atoms with E-state index >= 15 is 0 Å². The van der Waals surface area contributed by atoms with Crippen LogP contribution in [0.4, 0.5) is 4.79 Å². The molecule has 0 spiro atoms. The van der Waals surface area contributed by atoms with Crippen molar-refractivity contribution in [2.75, 3.05) is 6.54 Å². The summed E-state index contributed by atoms with van der Waals surface area (Å²) in [4.78, 5) is 15.6. The van der Waals surface area contributed by atoms with Gasteiger partial charge in [0.2, 0.25) is 0 Å². The number of carbonyl (C=O) groups excluding carboxylic acids is 1. The topological polar surface area (TPSA) is 45.5 Å². The molecular weight excluding hydrogens is 272 g/mol. The molecule has 4 nitrogen and oxygen atoms in total. The van der Waals surface area contributed by atoms with Gasteiger partial charge in [-0.25, -0.2) is 4.79 Å². The van der Waals surface area contributed by atoms with Crippen molar-refractivity contribution in [3.05, 3.63) is 46.0 Å². The van der Waals surface area contributed by atoms with Crippen LogP contribution in [-0.2, 0) is 19.4 Å². The zero-order valence-electron chi connectivity index (χ0n) is 11.5. The Hall–Kier alpha value is -1.75. The summed E-state index contributed by atoms with van der Waals surface area (Å²) in [7, 11) is 0. The van der Waals surface area contributed by atoms with Crippen LogP contribution in [0, 0.1) is 0 Å². The number of carbonyl (C=O) groups is 1. The largest absolute Gasteiger partial charge is 0.469 e. The molecule has 0 bridgehead atoms. The molecule has 1 atom stereocenters. The molecule has 1 aliphatic rings. The average Bonchev–Trinajstić information content (AvgIpc) is 3.07. The quantitative estimate of drug-likeness (QED) is 0.944. The first-order valence-corrected chi connectivity index (χ1v) is 7.73.